The zero-order valence-electron chi connectivity index (χ0n) is 28.3. The Morgan fingerprint density at radius 1 is 0.698 bits per heavy atom. The van der Waals surface area contributed by atoms with E-state index in [0.717, 1.165) is 6.16 Å². The molecule has 43 heavy (non-hydrogen) atoms. The normalized spacial score (nSPS) is 12.9. The molecule has 0 bridgehead atoms. The van der Waals surface area contributed by atoms with Crippen molar-refractivity contribution in [3.05, 3.63) is 107 Å². The minimum Gasteiger partial charge on any atom is -0.241 e. The van der Waals surface area contributed by atoms with Crippen molar-refractivity contribution in [2.24, 2.45) is 0 Å². The van der Waals surface area contributed by atoms with Crippen molar-refractivity contribution in [1.82, 2.24) is 19.9 Å². The average molecular weight is 659 g/mol. The second-order valence-corrected chi connectivity index (χ2v) is 19.9. The van der Waals surface area contributed by atoms with Crippen LogP contribution in [0.15, 0.2) is 73.3 Å². The first-order valence-corrected chi connectivity index (χ1v) is 17.0. The SMILES string of the molecule is CC(C)(C)c1cc(C(P)(c2ncccn2)c2ncccn2)c(CP(C(C)(C)C)C(C)(C)C)[c-]1C(C)(C)C.[Fe+2].c1cc[cH-]c1. The maximum absolute atomic E-state index is 4.78. The van der Waals surface area contributed by atoms with Crippen molar-refractivity contribution in [2.75, 3.05) is 0 Å². The molecule has 1 atom stereocenters. The molecule has 2 aromatic carbocycles. The second kappa shape index (κ2) is 14.1. The van der Waals surface area contributed by atoms with Crippen LogP contribution in [-0.2, 0) is 39.2 Å². The van der Waals surface area contributed by atoms with Gasteiger partial charge in [0, 0.05) is 24.8 Å². The summed E-state index contributed by atoms with van der Waals surface area (Å²) in [6, 6.07) is 16.2. The van der Waals surface area contributed by atoms with Gasteiger partial charge in [-0.05, 0) is 34.0 Å². The number of nitrogens with zero attached hydrogens (tertiary/aromatic N) is 4. The fraction of sp³-hybridized carbons (Fsp3) is 0.500. The molecule has 0 saturated heterocycles. The molecule has 0 saturated carbocycles. The Morgan fingerprint density at radius 2 is 1.12 bits per heavy atom. The van der Waals surface area contributed by atoms with Crippen molar-refractivity contribution in [1.29, 1.82) is 0 Å². The summed E-state index contributed by atoms with van der Waals surface area (Å²) in [4.78, 5) is 19.1. The minimum absolute atomic E-state index is 0. The number of hydrogen-bond donors (Lipinski definition) is 0. The van der Waals surface area contributed by atoms with Crippen molar-refractivity contribution >= 4 is 17.2 Å². The van der Waals surface area contributed by atoms with E-state index in [0.29, 0.717) is 11.6 Å². The predicted octanol–water partition coefficient (Wildman–Crippen LogP) is 9.73. The summed E-state index contributed by atoms with van der Waals surface area (Å²) in [7, 11) is 2.70. The second-order valence-electron chi connectivity index (χ2n) is 15.2. The van der Waals surface area contributed by atoms with E-state index >= 15 is 0 Å². The van der Waals surface area contributed by atoms with Crippen LogP contribution in [0.4, 0.5) is 0 Å². The van der Waals surface area contributed by atoms with Crippen molar-refractivity contribution < 1.29 is 17.1 Å². The molecular weight excluding hydrogens is 606 g/mol. The van der Waals surface area contributed by atoms with Crippen LogP contribution >= 0.6 is 17.2 Å². The van der Waals surface area contributed by atoms with Gasteiger partial charge < -0.3 is 0 Å². The van der Waals surface area contributed by atoms with Gasteiger partial charge in [0.2, 0.25) is 0 Å². The standard InChI is InChI=1S/C31H47N4P2.C5H5.Fe/c1-27(2,3)23-19-22(31(36,25-32-15-13-16-33-25)26-34-17-14-18-35-26)21(24(23)28(4,5)6)20-37(29(7,8)9)30(10,11)12;1-2-4-5-3-1;/h13-19H,20,36H2,1-12H3;1-5H;/q2*-1;+2. The minimum atomic E-state index is -0.766. The molecule has 4 rings (SSSR count). The van der Waals surface area contributed by atoms with E-state index in [9.17, 15) is 0 Å². The molecule has 0 aliphatic rings. The van der Waals surface area contributed by atoms with Gasteiger partial charge in [0.25, 0.3) is 0 Å². The molecule has 0 fully saturated rings. The number of rotatable bonds is 5. The van der Waals surface area contributed by atoms with E-state index in [4.69, 9.17) is 19.9 Å². The molecule has 2 aromatic heterocycles. The largest absolute Gasteiger partial charge is 2.00 e. The van der Waals surface area contributed by atoms with Gasteiger partial charge in [0.1, 0.15) is 11.6 Å². The zero-order valence-corrected chi connectivity index (χ0v) is 31.5. The van der Waals surface area contributed by atoms with Gasteiger partial charge in [-0.2, -0.15) is 34.9 Å². The van der Waals surface area contributed by atoms with E-state index in [1.807, 2.05) is 67.3 Å². The van der Waals surface area contributed by atoms with E-state index in [1.165, 1.54) is 22.3 Å². The average Bonchev–Trinajstić information content (AvgIpc) is 3.58. The Bertz CT molecular complexity index is 1320. The number of aromatic nitrogens is 4. The van der Waals surface area contributed by atoms with E-state index in [2.05, 4.69) is 98.4 Å². The van der Waals surface area contributed by atoms with Gasteiger partial charge in [-0.1, -0.05) is 96.4 Å². The van der Waals surface area contributed by atoms with E-state index in [1.54, 1.807) is 0 Å². The molecule has 4 nitrogen and oxygen atoms in total. The Balaban J connectivity index is 0.000000973. The summed E-state index contributed by atoms with van der Waals surface area (Å²) in [6.07, 6.45) is 8.30. The summed E-state index contributed by atoms with van der Waals surface area (Å²) in [5.41, 5.74) is 5.42. The smallest absolute Gasteiger partial charge is 0.241 e. The first-order valence-electron chi connectivity index (χ1n) is 14.9. The fourth-order valence-electron chi connectivity index (χ4n) is 5.87. The van der Waals surface area contributed by atoms with Crippen LogP contribution < -0.4 is 0 Å². The van der Waals surface area contributed by atoms with Crippen molar-refractivity contribution in [3.63, 3.8) is 0 Å². The molecule has 0 aliphatic carbocycles. The predicted molar refractivity (Wildman–Crippen MR) is 185 cm³/mol. The van der Waals surface area contributed by atoms with Crippen LogP contribution in [0, 0.1) is 0 Å². The summed E-state index contributed by atoms with van der Waals surface area (Å²) in [6.45, 7) is 28.5. The molecular formula is C36H52FeN4P2. The summed E-state index contributed by atoms with van der Waals surface area (Å²) >= 11 is 0. The molecule has 0 spiro atoms. The van der Waals surface area contributed by atoms with Gasteiger partial charge in [-0.3, -0.25) is 0 Å². The van der Waals surface area contributed by atoms with Gasteiger partial charge in [-0.15, -0.1) is 14.8 Å². The van der Waals surface area contributed by atoms with Crippen LogP contribution in [0.3, 0.4) is 0 Å². The summed E-state index contributed by atoms with van der Waals surface area (Å²) < 4.78 is 0. The fourth-order valence-corrected chi connectivity index (χ4v) is 10.0. The molecule has 0 N–H and O–H groups in total. The first kappa shape index (κ1) is 37.4. The van der Waals surface area contributed by atoms with Crippen LogP contribution in [0.25, 0.3) is 0 Å². The maximum atomic E-state index is 4.78. The summed E-state index contributed by atoms with van der Waals surface area (Å²) in [5.74, 6) is 1.41. The summed E-state index contributed by atoms with van der Waals surface area (Å²) in [5, 5.41) is -0.386. The molecule has 0 amide bonds. The molecule has 2 heterocycles. The van der Waals surface area contributed by atoms with E-state index in [-0.39, 0.29) is 38.2 Å². The third-order valence-corrected chi connectivity index (χ3v) is 12.2. The van der Waals surface area contributed by atoms with Crippen molar-refractivity contribution in [3.8, 4) is 0 Å². The van der Waals surface area contributed by atoms with Crippen molar-refractivity contribution in [2.45, 2.75) is 116 Å². The monoisotopic (exact) mass is 658 g/mol. The van der Waals surface area contributed by atoms with E-state index < -0.39 is 13.1 Å². The first-order chi connectivity index (χ1) is 19.3. The Kier molecular flexibility index (Phi) is 12.3. The van der Waals surface area contributed by atoms with Crippen LogP contribution in [-0.4, -0.2) is 30.2 Å². The molecule has 7 heteroatoms. The van der Waals surface area contributed by atoms with Gasteiger partial charge in [0.15, 0.2) is 0 Å². The third kappa shape index (κ3) is 8.92. The Hall–Kier alpha value is -1.76. The Labute approximate surface area is 275 Å². The third-order valence-electron chi connectivity index (χ3n) is 7.50. The van der Waals surface area contributed by atoms with Gasteiger partial charge in [-0.25, -0.2) is 38.1 Å². The molecule has 0 aliphatic heterocycles. The maximum Gasteiger partial charge on any atom is 2.00 e. The Morgan fingerprint density at radius 3 is 1.42 bits per heavy atom. The zero-order chi connectivity index (χ0) is 31.6. The molecule has 0 radical (unpaired) electrons. The van der Waals surface area contributed by atoms with Gasteiger partial charge in [0.05, 0.1) is 5.16 Å². The topological polar surface area (TPSA) is 51.6 Å². The van der Waals surface area contributed by atoms with Gasteiger partial charge >= 0.3 is 17.1 Å². The van der Waals surface area contributed by atoms with Crippen LogP contribution in [0.1, 0.15) is 117 Å². The molecule has 4 aromatic rings. The molecule has 234 valence electrons. The quantitative estimate of drug-likeness (QED) is 0.122. The van der Waals surface area contributed by atoms with Crippen LogP contribution in [0.2, 0.25) is 0 Å². The molecule has 1 unspecified atom stereocenters. The number of hydrogen-bond acceptors (Lipinski definition) is 4. The van der Waals surface area contributed by atoms with Crippen LogP contribution in [0.5, 0.6) is 0 Å².